The summed E-state index contributed by atoms with van der Waals surface area (Å²) in [4.78, 5) is 3.03. The first-order valence-electron chi connectivity index (χ1n) is 10.3. The maximum atomic E-state index is 13.1. The third-order valence-electron chi connectivity index (χ3n) is 6.66. The van der Waals surface area contributed by atoms with Crippen LogP contribution in [0.4, 0.5) is 0 Å². The summed E-state index contributed by atoms with van der Waals surface area (Å²) in [7, 11) is -3.38. The normalized spacial score (nSPS) is 28.8. The van der Waals surface area contributed by atoms with Gasteiger partial charge in [-0.25, -0.2) is 8.42 Å². The zero-order chi connectivity index (χ0) is 18.9. The van der Waals surface area contributed by atoms with Crippen molar-refractivity contribution in [1.29, 1.82) is 0 Å². The molecule has 0 aliphatic carbocycles. The van der Waals surface area contributed by atoms with E-state index in [9.17, 15) is 8.42 Å². The highest BCUT2D eigenvalue weighted by molar-refractivity contribution is 7.89. The number of aryl methyl sites for hydroxylation is 1. The number of sulfonamides is 1. The molecular weight excluding hydrogens is 360 g/mol. The second-order valence-corrected chi connectivity index (χ2v) is 10.7. The lowest BCUT2D eigenvalue weighted by Crippen LogP contribution is -2.47. The average molecular weight is 393 g/mol. The Balaban J connectivity index is 1.42. The van der Waals surface area contributed by atoms with Crippen molar-refractivity contribution in [2.24, 2.45) is 11.3 Å². The predicted molar refractivity (Wildman–Crippen MR) is 106 cm³/mol. The van der Waals surface area contributed by atoms with Crippen LogP contribution >= 0.6 is 0 Å². The Morgan fingerprint density at radius 1 is 1.07 bits per heavy atom. The van der Waals surface area contributed by atoms with E-state index in [-0.39, 0.29) is 5.41 Å². The van der Waals surface area contributed by atoms with Gasteiger partial charge in [0.25, 0.3) is 0 Å². The van der Waals surface area contributed by atoms with Crippen LogP contribution in [0.15, 0.2) is 29.2 Å². The van der Waals surface area contributed by atoms with Gasteiger partial charge in [-0.1, -0.05) is 17.7 Å². The van der Waals surface area contributed by atoms with Gasteiger partial charge in [-0.3, -0.25) is 0 Å². The first-order chi connectivity index (χ1) is 13.0. The molecule has 3 heterocycles. The molecule has 0 saturated carbocycles. The van der Waals surface area contributed by atoms with Crippen LogP contribution < -0.4 is 0 Å². The van der Waals surface area contributed by atoms with Crippen molar-refractivity contribution >= 4 is 10.0 Å². The van der Waals surface area contributed by atoms with E-state index >= 15 is 0 Å². The molecule has 3 aliphatic rings. The largest absolute Gasteiger partial charge is 0.381 e. The molecule has 0 radical (unpaired) electrons. The Morgan fingerprint density at radius 2 is 1.81 bits per heavy atom. The van der Waals surface area contributed by atoms with Crippen molar-refractivity contribution in [3.05, 3.63) is 29.8 Å². The molecule has 1 aromatic carbocycles. The van der Waals surface area contributed by atoms with E-state index in [1.807, 2.05) is 19.1 Å². The second-order valence-electron chi connectivity index (χ2n) is 8.80. The van der Waals surface area contributed by atoms with E-state index in [1.165, 1.54) is 6.42 Å². The fraction of sp³-hybridized carbons (Fsp3) is 0.714. The van der Waals surface area contributed by atoms with Crippen molar-refractivity contribution < 1.29 is 13.2 Å². The molecule has 1 unspecified atom stereocenters. The highest BCUT2D eigenvalue weighted by Crippen LogP contribution is 2.41. The van der Waals surface area contributed by atoms with E-state index < -0.39 is 10.0 Å². The summed E-state index contributed by atoms with van der Waals surface area (Å²) in [5.74, 6) is 0.739. The van der Waals surface area contributed by atoms with Crippen LogP contribution in [0.1, 0.15) is 37.7 Å². The third-order valence-corrected chi connectivity index (χ3v) is 8.52. The summed E-state index contributed by atoms with van der Waals surface area (Å²) < 4.78 is 33.4. The molecule has 27 heavy (non-hydrogen) atoms. The minimum atomic E-state index is -3.38. The number of likely N-dealkylation sites (tertiary alicyclic amines) is 1. The molecule has 150 valence electrons. The highest BCUT2D eigenvalue weighted by Gasteiger charge is 2.45. The van der Waals surface area contributed by atoms with Crippen LogP contribution in [0.2, 0.25) is 0 Å². The summed E-state index contributed by atoms with van der Waals surface area (Å²) in [6.07, 6.45) is 5.65. The van der Waals surface area contributed by atoms with Crippen LogP contribution in [0, 0.1) is 18.3 Å². The molecule has 0 bridgehead atoms. The molecule has 0 aromatic heterocycles. The SMILES string of the molecule is Cc1ccc(S(=O)(=O)N2CCC3(CCCN(CC4CCOCC4)C3)C2)cc1. The molecule has 0 amide bonds. The summed E-state index contributed by atoms with van der Waals surface area (Å²) in [5.41, 5.74) is 1.23. The fourth-order valence-corrected chi connectivity index (χ4v) is 6.61. The van der Waals surface area contributed by atoms with Gasteiger partial charge in [-0.05, 0) is 69.0 Å². The van der Waals surface area contributed by atoms with Gasteiger partial charge in [0.1, 0.15) is 0 Å². The lowest BCUT2D eigenvalue weighted by atomic mass is 9.79. The van der Waals surface area contributed by atoms with Crippen molar-refractivity contribution in [3.63, 3.8) is 0 Å². The van der Waals surface area contributed by atoms with Crippen molar-refractivity contribution in [2.45, 2.75) is 43.9 Å². The number of hydrogen-bond acceptors (Lipinski definition) is 4. The van der Waals surface area contributed by atoms with E-state index in [1.54, 1.807) is 16.4 Å². The molecular formula is C21H32N2O3S. The van der Waals surface area contributed by atoms with Crippen molar-refractivity contribution in [3.8, 4) is 0 Å². The molecule has 1 aromatic rings. The average Bonchev–Trinajstić information content (AvgIpc) is 3.07. The van der Waals surface area contributed by atoms with Gasteiger partial charge in [0.15, 0.2) is 0 Å². The first kappa shape index (κ1) is 19.4. The van der Waals surface area contributed by atoms with Gasteiger partial charge >= 0.3 is 0 Å². The Kier molecular flexibility index (Phi) is 5.61. The number of hydrogen-bond donors (Lipinski definition) is 0. The molecule has 1 spiro atoms. The summed E-state index contributed by atoms with van der Waals surface area (Å²) in [5, 5.41) is 0. The zero-order valence-corrected chi connectivity index (χ0v) is 17.2. The van der Waals surface area contributed by atoms with E-state index in [0.717, 1.165) is 70.0 Å². The van der Waals surface area contributed by atoms with Crippen LogP contribution in [0.3, 0.4) is 0 Å². The minimum absolute atomic E-state index is 0.140. The van der Waals surface area contributed by atoms with Crippen molar-refractivity contribution in [1.82, 2.24) is 9.21 Å². The predicted octanol–water partition coefficient (Wildman–Crippen LogP) is 2.90. The van der Waals surface area contributed by atoms with Gasteiger partial charge < -0.3 is 9.64 Å². The molecule has 3 aliphatic heterocycles. The van der Waals surface area contributed by atoms with Gasteiger partial charge in [0.2, 0.25) is 10.0 Å². The van der Waals surface area contributed by atoms with E-state index in [0.29, 0.717) is 18.0 Å². The topological polar surface area (TPSA) is 49.9 Å². The molecule has 4 rings (SSSR count). The Bertz CT molecular complexity index is 743. The van der Waals surface area contributed by atoms with Crippen LogP contribution in [0.25, 0.3) is 0 Å². The van der Waals surface area contributed by atoms with Crippen molar-refractivity contribution in [2.75, 3.05) is 45.9 Å². The number of rotatable bonds is 4. The zero-order valence-electron chi connectivity index (χ0n) is 16.4. The van der Waals surface area contributed by atoms with Gasteiger partial charge in [0.05, 0.1) is 4.90 Å². The van der Waals surface area contributed by atoms with Gasteiger partial charge in [0, 0.05) is 39.4 Å². The van der Waals surface area contributed by atoms with Gasteiger partial charge in [-0.2, -0.15) is 4.31 Å². The summed E-state index contributed by atoms with van der Waals surface area (Å²) in [6.45, 7) is 8.45. The van der Waals surface area contributed by atoms with E-state index in [2.05, 4.69) is 4.90 Å². The lowest BCUT2D eigenvalue weighted by molar-refractivity contribution is 0.0327. The second kappa shape index (κ2) is 7.82. The molecule has 1 atom stereocenters. The standard InChI is InChI=1S/C21H32N2O3S/c1-18-3-5-20(6-4-18)27(24,25)23-12-10-21(17-23)9-2-11-22(16-21)15-19-7-13-26-14-8-19/h3-6,19H,2,7-17H2,1H3. The van der Waals surface area contributed by atoms with Gasteiger partial charge in [-0.15, -0.1) is 0 Å². The summed E-state index contributed by atoms with van der Waals surface area (Å²) in [6, 6.07) is 7.26. The highest BCUT2D eigenvalue weighted by atomic mass is 32.2. The van der Waals surface area contributed by atoms with Crippen LogP contribution in [0.5, 0.6) is 0 Å². The maximum absolute atomic E-state index is 13.1. The molecule has 0 N–H and O–H groups in total. The van der Waals surface area contributed by atoms with Crippen LogP contribution in [-0.4, -0.2) is 63.6 Å². The molecule has 6 heteroatoms. The fourth-order valence-electron chi connectivity index (χ4n) is 5.05. The minimum Gasteiger partial charge on any atom is -0.381 e. The first-order valence-corrected chi connectivity index (χ1v) is 11.8. The number of ether oxygens (including phenoxy) is 1. The number of nitrogens with zero attached hydrogens (tertiary/aromatic N) is 2. The Morgan fingerprint density at radius 3 is 2.56 bits per heavy atom. The molecule has 3 fully saturated rings. The molecule has 3 saturated heterocycles. The monoisotopic (exact) mass is 392 g/mol. The number of benzene rings is 1. The number of piperidine rings is 1. The van der Waals surface area contributed by atoms with Crippen LogP contribution in [-0.2, 0) is 14.8 Å². The molecule has 5 nitrogen and oxygen atoms in total. The van der Waals surface area contributed by atoms with E-state index in [4.69, 9.17) is 4.74 Å². The summed E-state index contributed by atoms with van der Waals surface area (Å²) >= 11 is 0. The lowest BCUT2D eigenvalue weighted by Gasteiger charge is -2.42. The smallest absolute Gasteiger partial charge is 0.243 e. The Hall–Kier alpha value is -0.950. The third kappa shape index (κ3) is 4.24. The Labute approximate surface area is 163 Å². The maximum Gasteiger partial charge on any atom is 0.243 e. The quantitative estimate of drug-likeness (QED) is 0.791.